The SMILES string of the molecule is C[C@H]1O[C@H](OC[C@@H](COCc2ccccc2)OCc2ccccc2)[C@H](N=[N+]=[N-])[C@@H](OC(=O)CCl)[C@H]1NC(=O)OCc1ccccc1. The molecule has 1 heterocycles. The Balaban J connectivity index is 1.44. The number of halogens is 1. The molecule has 0 spiro atoms. The Labute approximate surface area is 272 Å². The van der Waals surface area contributed by atoms with Crippen LogP contribution in [0.15, 0.2) is 96.1 Å². The molecule has 0 saturated carbocycles. The van der Waals surface area contributed by atoms with E-state index in [1.165, 1.54) is 0 Å². The van der Waals surface area contributed by atoms with Crippen LogP contribution < -0.4 is 5.32 Å². The molecule has 12 nitrogen and oxygen atoms in total. The second-order valence-corrected chi connectivity index (χ2v) is 10.7. The highest BCUT2D eigenvalue weighted by Crippen LogP contribution is 2.28. The van der Waals surface area contributed by atoms with E-state index in [9.17, 15) is 15.1 Å². The number of carbonyl (C=O) groups is 2. The zero-order valence-electron chi connectivity index (χ0n) is 25.4. The minimum atomic E-state index is -1.19. The van der Waals surface area contributed by atoms with Gasteiger partial charge in [0.05, 0.1) is 38.6 Å². The molecule has 3 aromatic rings. The molecular weight excluding hydrogens is 616 g/mol. The smallest absolute Gasteiger partial charge is 0.407 e. The summed E-state index contributed by atoms with van der Waals surface area (Å²) < 4.78 is 35.2. The van der Waals surface area contributed by atoms with E-state index in [4.69, 9.17) is 40.0 Å². The minimum absolute atomic E-state index is 0.0101. The van der Waals surface area contributed by atoms with E-state index in [0.29, 0.717) is 13.2 Å². The maximum atomic E-state index is 12.8. The summed E-state index contributed by atoms with van der Waals surface area (Å²) in [5, 5.41) is 6.52. The van der Waals surface area contributed by atoms with Crippen molar-refractivity contribution < 1.29 is 38.0 Å². The lowest BCUT2D eigenvalue weighted by Crippen LogP contribution is -2.64. The van der Waals surface area contributed by atoms with E-state index >= 15 is 0 Å². The van der Waals surface area contributed by atoms with E-state index in [0.717, 1.165) is 16.7 Å². The average molecular weight is 653 g/mol. The number of amides is 1. The summed E-state index contributed by atoms with van der Waals surface area (Å²) in [6.45, 7) is 2.54. The van der Waals surface area contributed by atoms with Crippen molar-refractivity contribution in [3.05, 3.63) is 118 Å². The van der Waals surface area contributed by atoms with Crippen LogP contribution in [0.4, 0.5) is 4.79 Å². The molecular formula is C33H37ClN4O8. The number of nitrogens with one attached hydrogen (secondary N) is 1. The summed E-state index contributed by atoms with van der Waals surface area (Å²) in [6.07, 6.45) is -4.42. The zero-order valence-corrected chi connectivity index (χ0v) is 26.1. The average Bonchev–Trinajstić information content (AvgIpc) is 3.09. The van der Waals surface area contributed by atoms with Gasteiger partial charge in [0, 0.05) is 4.91 Å². The Hall–Kier alpha value is -4.16. The highest BCUT2D eigenvalue weighted by atomic mass is 35.5. The number of hydrogen-bond donors (Lipinski definition) is 1. The van der Waals surface area contributed by atoms with Gasteiger partial charge in [0.2, 0.25) is 0 Å². The van der Waals surface area contributed by atoms with Gasteiger partial charge in [0.25, 0.3) is 0 Å². The lowest BCUT2D eigenvalue weighted by molar-refractivity contribution is -0.245. The number of esters is 1. The molecule has 13 heteroatoms. The maximum absolute atomic E-state index is 12.8. The summed E-state index contributed by atoms with van der Waals surface area (Å²) in [4.78, 5) is 28.1. The van der Waals surface area contributed by atoms with Crippen LogP contribution in [-0.2, 0) is 53.0 Å². The molecule has 1 amide bonds. The molecule has 1 saturated heterocycles. The molecule has 244 valence electrons. The highest BCUT2D eigenvalue weighted by molar-refractivity contribution is 6.26. The lowest BCUT2D eigenvalue weighted by Gasteiger charge is -2.43. The van der Waals surface area contributed by atoms with Crippen LogP contribution in [0.25, 0.3) is 10.4 Å². The fourth-order valence-corrected chi connectivity index (χ4v) is 4.84. The second kappa shape index (κ2) is 18.7. The summed E-state index contributed by atoms with van der Waals surface area (Å²) in [5.74, 6) is -1.24. The maximum Gasteiger partial charge on any atom is 0.407 e. The van der Waals surface area contributed by atoms with Gasteiger partial charge in [-0.1, -0.05) is 96.1 Å². The molecule has 0 radical (unpaired) electrons. The first kappa shape index (κ1) is 34.7. The lowest BCUT2D eigenvalue weighted by atomic mass is 9.95. The van der Waals surface area contributed by atoms with Crippen molar-refractivity contribution in [2.24, 2.45) is 5.11 Å². The Kier molecular flexibility index (Phi) is 14.1. The number of azide groups is 1. The molecule has 46 heavy (non-hydrogen) atoms. The van der Waals surface area contributed by atoms with Crippen molar-refractivity contribution in [1.29, 1.82) is 0 Å². The van der Waals surface area contributed by atoms with Crippen LogP contribution in [0.5, 0.6) is 0 Å². The van der Waals surface area contributed by atoms with Gasteiger partial charge in [-0.05, 0) is 29.1 Å². The number of alkyl carbamates (subject to hydrolysis) is 1. The first-order valence-corrected chi connectivity index (χ1v) is 15.3. The first-order valence-electron chi connectivity index (χ1n) is 14.8. The molecule has 4 rings (SSSR count). The van der Waals surface area contributed by atoms with Crippen molar-refractivity contribution >= 4 is 23.7 Å². The minimum Gasteiger partial charge on any atom is -0.459 e. The van der Waals surface area contributed by atoms with Crippen molar-refractivity contribution in [3.8, 4) is 0 Å². The molecule has 3 aromatic carbocycles. The van der Waals surface area contributed by atoms with Gasteiger partial charge in [-0.3, -0.25) is 4.79 Å². The van der Waals surface area contributed by atoms with Crippen LogP contribution in [-0.4, -0.2) is 67.8 Å². The fraction of sp³-hybridized carbons (Fsp3) is 0.394. The van der Waals surface area contributed by atoms with Gasteiger partial charge in [0.1, 0.15) is 30.7 Å². The number of ether oxygens (including phenoxy) is 6. The Bertz CT molecular complexity index is 1400. The summed E-state index contributed by atoms with van der Waals surface area (Å²) in [7, 11) is 0. The van der Waals surface area contributed by atoms with E-state index < -0.39 is 54.6 Å². The third-order valence-electron chi connectivity index (χ3n) is 7.07. The monoisotopic (exact) mass is 652 g/mol. The summed E-state index contributed by atoms with van der Waals surface area (Å²) in [6, 6.07) is 26.4. The standard InChI is InChI=1S/C33H37ClN4O8/c1-23-29(36-33(40)44-20-26-15-9-4-10-16-26)31(46-28(39)17-34)30(37-38-35)32(45-23)43-22-27(42-19-25-13-7-3-8-14-25)21-41-18-24-11-5-2-6-12-24/h2-16,23,27,29-32H,17-22H2,1H3,(H,36,40)/t23-,27-,29+,30-,31+,32+/m1/s1. The molecule has 0 unspecified atom stereocenters. The highest BCUT2D eigenvalue weighted by Gasteiger charge is 2.48. The number of benzene rings is 3. The summed E-state index contributed by atoms with van der Waals surface area (Å²) in [5.41, 5.74) is 12.2. The van der Waals surface area contributed by atoms with Gasteiger partial charge >= 0.3 is 12.1 Å². The topological polar surface area (TPSA) is 150 Å². The van der Waals surface area contributed by atoms with Gasteiger partial charge in [-0.25, -0.2) is 4.79 Å². The Morgan fingerprint density at radius 2 is 1.50 bits per heavy atom. The van der Waals surface area contributed by atoms with Crippen molar-refractivity contribution in [2.45, 2.75) is 63.4 Å². The third-order valence-corrected chi connectivity index (χ3v) is 7.29. The van der Waals surface area contributed by atoms with Crippen molar-refractivity contribution in [2.75, 3.05) is 19.1 Å². The van der Waals surface area contributed by atoms with Gasteiger partial charge < -0.3 is 33.7 Å². The third kappa shape index (κ3) is 11.0. The summed E-state index contributed by atoms with van der Waals surface area (Å²) >= 11 is 5.74. The number of nitrogens with zero attached hydrogens (tertiary/aromatic N) is 3. The Morgan fingerprint density at radius 3 is 2.09 bits per heavy atom. The van der Waals surface area contributed by atoms with Gasteiger partial charge in [0.15, 0.2) is 6.29 Å². The van der Waals surface area contributed by atoms with Gasteiger partial charge in [-0.2, -0.15) is 0 Å². The largest absolute Gasteiger partial charge is 0.459 e. The normalized spacial score (nSPS) is 21.4. The second-order valence-electron chi connectivity index (χ2n) is 10.5. The number of carbonyl (C=O) groups excluding carboxylic acids is 2. The fourth-order valence-electron chi connectivity index (χ4n) is 4.77. The number of alkyl halides is 1. The predicted molar refractivity (Wildman–Crippen MR) is 168 cm³/mol. The van der Waals surface area contributed by atoms with E-state index in [-0.39, 0.29) is 19.8 Å². The van der Waals surface area contributed by atoms with E-state index in [1.54, 1.807) is 6.92 Å². The van der Waals surface area contributed by atoms with Crippen LogP contribution in [0.3, 0.4) is 0 Å². The van der Waals surface area contributed by atoms with Gasteiger partial charge in [-0.15, -0.1) is 11.6 Å². The van der Waals surface area contributed by atoms with E-state index in [1.807, 2.05) is 91.0 Å². The molecule has 1 fully saturated rings. The number of hydrogen-bond acceptors (Lipinski definition) is 9. The zero-order chi connectivity index (χ0) is 32.6. The van der Waals surface area contributed by atoms with Crippen LogP contribution in [0.1, 0.15) is 23.6 Å². The molecule has 0 bridgehead atoms. The van der Waals surface area contributed by atoms with Crippen molar-refractivity contribution in [1.82, 2.24) is 5.32 Å². The molecule has 1 aliphatic rings. The number of rotatable bonds is 16. The molecule has 0 aromatic heterocycles. The molecule has 6 atom stereocenters. The van der Waals surface area contributed by atoms with Crippen LogP contribution in [0.2, 0.25) is 0 Å². The molecule has 1 aliphatic heterocycles. The van der Waals surface area contributed by atoms with Crippen LogP contribution in [0, 0.1) is 0 Å². The first-order chi connectivity index (χ1) is 22.5. The van der Waals surface area contributed by atoms with Crippen molar-refractivity contribution in [3.63, 3.8) is 0 Å². The van der Waals surface area contributed by atoms with E-state index in [2.05, 4.69) is 15.3 Å². The molecule has 1 N–H and O–H groups in total. The van der Waals surface area contributed by atoms with Crippen LogP contribution >= 0.6 is 11.6 Å². The Morgan fingerprint density at radius 1 is 0.913 bits per heavy atom. The quantitative estimate of drug-likeness (QED) is 0.0683. The molecule has 0 aliphatic carbocycles. The predicted octanol–water partition coefficient (Wildman–Crippen LogP) is 5.67.